The van der Waals surface area contributed by atoms with Gasteiger partial charge in [0.25, 0.3) is 0 Å². The number of aromatic nitrogens is 2. The van der Waals surface area contributed by atoms with E-state index >= 15 is 0 Å². The molecule has 2 heterocycles. The molecule has 0 spiro atoms. The van der Waals surface area contributed by atoms with E-state index in [1.54, 1.807) is 0 Å². The summed E-state index contributed by atoms with van der Waals surface area (Å²) in [4.78, 5) is 25.0. The van der Waals surface area contributed by atoms with Gasteiger partial charge in [0.1, 0.15) is 5.82 Å². The number of anilines is 4. The van der Waals surface area contributed by atoms with Crippen molar-refractivity contribution in [1.29, 1.82) is 0 Å². The van der Waals surface area contributed by atoms with Crippen LogP contribution < -0.4 is 15.5 Å². The highest BCUT2D eigenvalue weighted by molar-refractivity contribution is 6.30. The van der Waals surface area contributed by atoms with Crippen LogP contribution in [0.1, 0.15) is 49.8 Å². The zero-order chi connectivity index (χ0) is 23.5. The van der Waals surface area contributed by atoms with E-state index in [-0.39, 0.29) is 5.91 Å². The van der Waals surface area contributed by atoms with Gasteiger partial charge in [-0.1, -0.05) is 36.6 Å². The average Bonchev–Trinajstić information content (AvgIpc) is 3.54. The number of nitrogens with zero attached hydrogens (tertiary/aromatic N) is 3. The number of amides is 1. The van der Waals surface area contributed by atoms with Gasteiger partial charge < -0.3 is 15.5 Å². The predicted octanol–water partition coefficient (Wildman–Crippen LogP) is 6.23. The van der Waals surface area contributed by atoms with E-state index in [0.29, 0.717) is 11.0 Å². The number of carbonyl (C=O) groups excluding carboxylic acids is 1. The van der Waals surface area contributed by atoms with E-state index in [1.165, 1.54) is 12.8 Å². The molecule has 2 N–H and O–H groups in total. The molecule has 1 amide bonds. The van der Waals surface area contributed by atoms with Crippen LogP contribution in [0.25, 0.3) is 0 Å². The molecule has 176 valence electrons. The van der Waals surface area contributed by atoms with E-state index in [0.717, 1.165) is 67.2 Å². The quantitative estimate of drug-likeness (QED) is 0.442. The first-order valence-corrected chi connectivity index (χ1v) is 12.4. The van der Waals surface area contributed by atoms with Crippen LogP contribution in [0.3, 0.4) is 0 Å². The fraction of sp³-hybridized carbons (Fsp3) is 0.370. The number of rotatable bonds is 6. The zero-order valence-electron chi connectivity index (χ0n) is 19.5. The van der Waals surface area contributed by atoms with Gasteiger partial charge in [0.05, 0.1) is 5.41 Å². The van der Waals surface area contributed by atoms with Crippen molar-refractivity contribution in [2.45, 2.75) is 50.9 Å². The molecule has 1 aliphatic carbocycles. The molecule has 0 radical (unpaired) electrons. The number of hydrogen-bond donors (Lipinski definition) is 2. The van der Waals surface area contributed by atoms with Crippen LogP contribution in [-0.4, -0.2) is 29.0 Å². The molecule has 0 atom stereocenters. The minimum atomic E-state index is -0.497. The molecule has 0 unspecified atom stereocenters. The fourth-order valence-corrected chi connectivity index (χ4v) is 5.25. The van der Waals surface area contributed by atoms with E-state index in [4.69, 9.17) is 16.6 Å². The second kappa shape index (κ2) is 9.63. The maximum atomic E-state index is 13.4. The van der Waals surface area contributed by atoms with Crippen LogP contribution in [0.2, 0.25) is 5.02 Å². The minimum Gasteiger partial charge on any atom is -0.356 e. The predicted molar refractivity (Wildman–Crippen MR) is 138 cm³/mol. The van der Waals surface area contributed by atoms with Crippen molar-refractivity contribution >= 4 is 40.6 Å². The summed E-state index contributed by atoms with van der Waals surface area (Å²) in [7, 11) is 0. The van der Waals surface area contributed by atoms with Gasteiger partial charge in [-0.3, -0.25) is 4.79 Å². The van der Waals surface area contributed by atoms with Crippen molar-refractivity contribution in [3.8, 4) is 0 Å². The lowest BCUT2D eigenvalue weighted by Crippen LogP contribution is -2.37. The normalized spacial score (nSPS) is 17.1. The molecule has 34 heavy (non-hydrogen) atoms. The van der Waals surface area contributed by atoms with Crippen molar-refractivity contribution in [3.05, 3.63) is 70.9 Å². The Labute approximate surface area is 205 Å². The maximum absolute atomic E-state index is 13.4. The van der Waals surface area contributed by atoms with Gasteiger partial charge >= 0.3 is 0 Å². The van der Waals surface area contributed by atoms with Gasteiger partial charge in [0, 0.05) is 41.2 Å². The highest BCUT2D eigenvalue weighted by Crippen LogP contribution is 2.42. The Hall–Kier alpha value is -3.12. The van der Waals surface area contributed by atoms with E-state index in [1.807, 2.05) is 61.5 Å². The largest absolute Gasteiger partial charge is 0.356 e. The van der Waals surface area contributed by atoms with Crippen molar-refractivity contribution in [2.24, 2.45) is 0 Å². The van der Waals surface area contributed by atoms with Gasteiger partial charge in [-0.25, -0.2) is 4.98 Å². The Bertz CT molecular complexity index is 1150. The Morgan fingerprint density at radius 2 is 1.56 bits per heavy atom. The summed E-state index contributed by atoms with van der Waals surface area (Å²) in [5.41, 5.74) is 3.13. The van der Waals surface area contributed by atoms with Crippen molar-refractivity contribution in [2.75, 3.05) is 28.6 Å². The molecule has 1 aliphatic heterocycles. The maximum Gasteiger partial charge on any atom is 0.235 e. The Balaban J connectivity index is 1.29. The average molecular weight is 476 g/mol. The number of halogens is 1. The summed E-state index contributed by atoms with van der Waals surface area (Å²) >= 11 is 6.08. The lowest BCUT2D eigenvalue weighted by Gasteiger charge is -2.28. The van der Waals surface area contributed by atoms with Crippen LogP contribution in [0, 0.1) is 6.92 Å². The standard InChI is InChI=1S/C27H30ClN5O/c1-19-18-24(33-16-4-5-17-33)32-26(29-19)31-23-12-10-22(11-13-23)30-25(34)27(14-2-3-15-27)20-6-8-21(28)9-7-20/h6-13,18H,2-5,14-17H2,1H3,(H,30,34)(H,29,31,32). The lowest BCUT2D eigenvalue weighted by atomic mass is 9.78. The highest BCUT2D eigenvalue weighted by Gasteiger charge is 2.42. The zero-order valence-corrected chi connectivity index (χ0v) is 20.2. The van der Waals surface area contributed by atoms with Gasteiger partial charge in [-0.05, 0) is 74.6 Å². The molecule has 5 rings (SSSR count). The molecule has 0 bridgehead atoms. The van der Waals surface area contributed by atoms with Crippen molar-refractivity contribution < 1.29 is 4.79 Å². The third kappa shape index (κ3) is 4.73. The number of carbonyl (C=O) groups is 1. The SMILES string of the molecule is Cc1cc(N2CCCC2)nc(Nc2ccc(NC(=O)C3(c4ccc(Cl)cc4)CCCC3)cc2)n1. The molecule has 3 aromatic rings. The van der Waals surface area contributed by atoms with E-state index < -0.39 is 5.41 Å². The van der Waals surface area contributed by atoms with Gasteiger partial charge in [0.2, 0.25) is 11.9 Å². The van der Waals surface area contributed by atoms with Crippen molar-refractivity contribution in [3.63, 3.8) is 0 Å². The van der Waals surface area contributed by atoms with Crippen LogP contribution in [0.5, 0.6) is 0 Å². The number of nitrogens with one attached hydrogen (secondary N) is 2. The molecule has 1 saturated carbocycles. The first-order valence-electron chi connectivity index (χ1n) is 12.1. The summed E-state index contributed by atoms with van der Waals surface area (Å²) < 4.78 is 0. The second-order valence-electron chi connectivity index (χ2n) is 9.34. The van der Waals surface area contributed by atoms with Crippen molar-refractivity contribution in [1.82, 2.24) is 9.97 Å². The smallest absolute Gasteiger partial charge is 0.235 e. The van der Waals surface area contributed by atoms with Crippen LogP contribution in [0.15, 0.2) is 54.6 Å². The molecular formula is C27H30ClN5O. The lowest BCUT2D eigenvalue weighted by molar-refractivity contribution is -0.121. The summed E-state index contributed by atoms with van der Waals surface area (Å²) in [6, 6.07) is 17.5. The summed E-state index contributed by atoms with van der Waals surface area (Å²) in [6.45, 7) is 4.08. The molecule has 2 fully saturated rings. The highest BCUT2D eigenvalue weighted by atomic mass is 35.5. The minimum absolute atomic E-state index is 0.0466. The fourth-order valence-electron chi connectivity index (χ4n) is 5.13. The molecule has 2 aliphatic rings. The molecule has 1 saturated heterocycles. The molecule has 6 nitrogen and oxygen atoms in total. The third-order valence-electron chi connectivity index (χ3n) is 6.96. The first kappa shape index (κ1) is 22.7. The summed E-state index contributed by atoms with van der Waals surface area (Å²) in [5, 5.41) is 7.14. The van der Waals surface area contributed by atoms with Crippen LogP contribution in [-0.2, 0) is 10.2 Å². The van der Waals surface area contributed by atoms with E-state index in [9.17, 15) is 4.79 Å². The molecule has 1 aromatic heterocycles. The van der Waals surface area contributed by atoms with Gasteiger partial charge in [-0.2, -0.15) is 4.98 Å². The first-order chi connectivity index (χ1) is 16.5. The number of hydrogen-bond acceptors (Lipinski definition) is 5. The summed E-state index contributed by atoms with van der Waals surface area (Å²) in [6.07, 6.45) is 6.22. The Morgan fingerprint density at radius 1 is 0.912 bits per heavy atom. The Morgan fingerprint density at radius 3 is 2.24 bits per heavy atom. The topological polar surface area (TPSA) is 70.2 Å². The second-order valence-corrected chi connectivity index (χ2v) is 9.77. The monoisotopic (exact) mass is 475 g/mol. The van der Waals surface area contributed by atoms with Gasteiger partial charge in [-0.15, -0.1) is 0 Å². The van der Waals surface area contributed by atoms with Gasteiger partial charge in [0.15, 0.2) is 0 Å². The number of aryl methyl sites for hydroxylation is 1. The number of benzene rings is 2. The Kier molecular flexibility index (Phi) is 6.42. The van der Waals surface area contributed by atoms with Crippen LogP contribution >= 0.6 is 11.6 Å². The van der Waals surface area contributed by atoms with Crippen LogP contribution in [0.4, 0.5) is 23.1 Å². The summed E-state index contributed by atoms with van der Waals surface area (Å²) in [5.74, 6) is 1.61. The molecule has 7 heteroatoms. The van der Waals surface area contributed by atoms with E-state index in [2.05, 4.69) is 20.5 Å². The third-order valence-corrected chi connectivity index (χ3v) is 7.21. The molecule has 2 aromatic carbocycles. The molecular weight excluding hydrogens is 446 g/mol.